The van der Waals surface area contributed by atoms with Crippen molar-refractivity contribution in [3.05, 3.63) is 58.4 Å². The molecule has 3 rings (SSSR count). The minimum Gasteiger partial charge on any atom is -0.277 e. The maximum Gasteiger partial charge on any atom is 0.281 e. The minimum atomic E-state index is -0.453. The van der Waals surface area contributed by atoms with E-state index >= 15 is 0 Å². The lowest BCUT2D eigenvalue weighted by Gasteiger charge is -1.99. The summed E-state index contributed by atoms with van der Waals surface area (Å²) >= 11 is 0. The molecule has 1 N–H and O–H groups in total. The predicted molar refractivity (Wildman–Crippen MR) is 68.1 cm³/mol. The van der Waals surface area contributed by atoms with E-state index in [0.717, 1.165) is 0 Å². The van der Waals surface area contributed by atoms with Crippen LogP contribution in [-0.2, 0) is 0 Å². The van der Waals surface area contributed by atoms with Crippen LogP contribution in [0.4, 0.5) is 10.1 Å². The molecule has 0 fully saturated rings. The molecular formula is C13H8FN3O2. The molecule has 6 heteroatoms. The summed E-state index contributed by atoms with van der Waals surface area (Å²) in [5.74, 6) is -0.363. The van der Waals surface area contributed by atoms with Gasteiger partial charge >= 0.3 is 0 Å². The number of nitrogens with zero attached hydrogens (tertiary/aromatic N) is 2. The topological polar surface area (TPSA) is 71.8 Å². The number of nitrogens with one attached hydrogen (secondary N) is 1. The van der Waals surface area contributed by atoms with Gasteiger partial charge in [-0.1, -0.05) is 6.07 Å². The van der Waals surface area contributed by atoms with E-state index in [1.165, 1.54) is 18.2 Å². The molecule has 0 aliphatic heterocycles. The maximum atomic E-state index is 12.9. The highest BCUT2D eigenvalue weighted by atomic mass is 19.1. The Morgan fingerprint density at radius 2 is 1.89 bits per heavy atom. The first-order valence-electron chi connectivity index (χ1n) is 5.54. The number of non-ortho nitro benzene ring substituents is 1. The Morgan fingerprint density at radius 3 is 2.58 bits per heavy atom. The van der Waals surface area contributed by atoms with Crippen molar-refractivity contribution in [2.24, 2.45) is 0 Å². The number of aromatic amines is 1. The van der Waals surface area contributed by atoms with E-state index in [9.17, 15) is 14.5 Å². The van der Waals surface area contributed by atoms with Crippen LogP contribution in [0.5, 0.6) is 0 Å². The van der Waals surface area contributed by atoms with E-state index in [-0.39, 0.29) is 11.5 Å². The molecule has 2 aromatic carbocycles. The van der Waals surface area contributed by atoms with Gasteiger partial charge in [-0.15, -0.1) is 0 Å². The molecular weight excluding hydrogens is 249 g/mol. The fraction of sp³-hybridized carbons (Fsp3) is 0. The molecule has 0 saturated carbocycles. The van der Waals surface area contributed by atoms with Crippen LogP contribution < -0.4 is 0 Å². The lowest BCUT2D eigenvalue weighted by Crippen LogP contribution is -1.89. The number of rotatable bonds is 2. The lowest BCUT2D eigenvalue weighted by molar-refractivity contribution is -0.383. The molecule has 0 spiro atoms. The average molecular weight is 257 g/mol. The van der Waals surface area contributed by atoms with Gasteiger partial charge in [0.25, 0.3) is 5.69 Å². The van der Waals surface area contributed by atoms with E-state index in [4.69, 9.17) is 0 Å². The van der Waals surface area contributed by atoms with Crippen molar-refractivity contribution in [1.29, 1.82) is 0 Å². The molecule has 19 heavy (non-hydrogen) atoms. The summed E-state index contributed by atoms with van der Waals surface area (Å²) < 4.78 is 12.9. The number of hydrogen-bond acceptors (Lipinski definition) is 3. The fourth-order valence-corrected chi connectivity index (χ4v) is 2.02. The summed E-state index contributed by atoms with van der Waals surface area (Å²) in [5, 5.41) is 18.3. The van der Waals surface area contributed by atoms with Crippen molar-refractivity contribution in [2.45, 2.75) is 0 Å². The minimum absolute atomic E-state index is 0.0226. The van der Waals surface area contributed by atoms with Crippen molar-refractivity contribution >= 4 is 16.6 Å². The summed E-state index contributed by atoms with van der Waals surface area (Å²) in [6.07, 6.45) is 0. The Labute approximate surface area is 106 Å². The second-order valence-corrected chi connectivity index (χ2v) is 4.04. The smallest absolute Gasteiger partial charge is 0.277 e. The summed E-state index contributed by atoms with van der Waals surface area (Å²) in [7, 11) is 0. The van der Waals surface area contributed by atoms with Gasteiger partial charge in [-0.3, -0.25) is 15.2 Å². The molecule has 0 radical (unpaired) electrons. The van der Waals surface area contributed by atoms with Crippen LogP contribution >= 0.6 is 0 Å². The average Bonchev–Trinajstić information content (AvgIpc) is 2.83. The van der Waals surface area contributed by atoms with Gasteiger partial charge in [0.05, 0.1) is 10.4 Å². The number of nitro benzene ring substituents is 1. The first-order valence-corrected chi connectivity index (χ1v) is 5.54. The largest absolute Gasteiger partial charge is 0.281 e. The number of halogens is 1. The van der Waals surface area contributed by atoms with Gasteiger partial charge in [0, 0.05) is 11.6 Å². The van der Waals surface area contributed by atoms with E-state index in [1.807, 2.05) is 0 Å². The maximum absolute atomic E-state index is 12.9. The van der Waals surface area contributed by atoms with E-state index < -0.39 is 4.92 Å². The van der Waals surface area contributed by atoms with Crippen LogP contribution in [0.3, 0.4) is 0 Å². The Morgan fingerprint density at radius 1 is 1.16 bits per heavy atom. The van der Waals surface area contributed by atoms with Crippen LogP contribution in [-0.4, -0.2) is 15.1 Å². The highest BCUT2D eigenvalue weighted by molar-refractivity contribution is 5.99. The second-order valence-electron chi connectivity index (χ2n) is 4.04. The molecule has 0 saturated heterocycles. The quantitative estimate of drug-likeness (QED) is 0.565. The number of benzene rings is 2. The third-order valence-electron chi connectivity index (χ3n) is 2.88. The first-order chi connectivity index (χ1) is 9.16. The molecule has 0 aliphatic rings. The Hall–Kier alpha value is -2.76. The first kappa shape index (κ1) is 11.3. The van der Waals surface area contributed by atoms with Gasteiger partial charge in [-0.2, -0.15) is 5.10 Å². The van der Waals surface area contributed by atoms with Gasteiger partial charge in [-0.25, -0.2) is 4.39 Å². The summed E-state index contributed by atoms with van der Waals surface area (Å²) in [6, 6.07) is 10.4. The summed E-state index contributed by atoms with van der Waals surface area (Å²) in [4.78, 5) is 10.6. The summed E-state index contributed by atoms with van der Waals surface area (Å²) in [6.45, 7) is 0. The van der Waals surface area contributed by atoms with E-state index in [2.05, 4.69) is 10.2 Å². The fourth-order valence-electron chi connectivity index (χ4n) is 2.02. The van der Waals surface area contributed by atoms with Crippen molar-refractivity contribution in [2.75, 3.05) is 0 Å². The van der Waals surface area contributed by atoms with Crippen LogP contribution in [0.1, 0.15) is 0 Å². The standard InChI is InChI=1S/C13H8FN3O2/c14-9-6-4-8(5-7-9)13-12-10(15-16-13)2-1-3-11(12)17(18)19/h1-7H,(H,15,16). The van der Waals surface area contributed by atoms with Gasteiger partial charge in [0.1, 0.15) is 16.9 Å². The SMILES string of the molecule is O=[N+]([O-])c1cccc2[nH]nc(-c3ccc(F)cc3)c12. The Bertz CT molecular complexity index is 765. The predicted octanol–water partition coefficient (Wildman–Crippen LogP) is 3.28. The Balaban J connectivity index is 2.30. The molecule has 0 aliphatic carbocycles. The second kappa shape index (κ2) is 4.16. The van der Waals surface area contributed by atoms with Gasteiger partial charge < -0.3 is 0 Å². The van der Waals surface area contributed by atoms with Gasteiger partial charge in [0.15, 0.2) is 0 Å². The molecule has 0 bridgehead atoms. The number of fused-ring (bicyclic) bond motifs is 1. The third kappa shape index (κ3) is 1.83. The molecule has 0 atom stereocenters. The molecule has 1 aromatic heterocycles. The molecule has 3 aromatic rings. The number of hydrogen-bond donors (Lipinski definition) is 1. The zero-order valence-electron chi connectivity index (χ0n) is 9.63. The van der Waals surface area contributed by atoms with Gasteiger partial charge in [-0.05, 0) is 30.3 Å². The Kier molecular flexibility index (Phi) is 2.49. The monoisotopic (exact) mass is 257 g/mol. The molecule has 1 heterocycles. The molecule has 0 amide bonds. The van der Waals surface area contributed by atoms with Crippen LogP contribution in [0.15, 0.2) is 42.5 Å². The molecule has 5 nitrogen and oxygen atoms in total. The van der Waals surface area contributed by atoms with Crippen molar-refractivity contribution < 1.29 is 9.31 Å². The number of nitro groups is 1. The number of H-pyrrole nitrogens is 1. The van der Waals surface area contributed by atoms with Crippen molar-refractivity contribution in [3.8, 4) is 11.3 Å². The zero-order valence-corrected chi connectivity index (χ0v) is 9.63. The van der Waals surface area contributed by atoms with Crippen LogP contribution in [0.2, 0.25) is 0 Å². The zero-order chi connectivity index (χ0) is 13.4. The molecule has 94 valence electrons. The van der Waals surface area contributed by atoms with Crippen molar-refractivity contribution in [3.63, 3.8) is 0 Å². The third-order valence-corrected chi connectivity index (χ3v) is 2.88. The molecule has 0 unspecified atom stereocenters. The summed E-state index contributed by atoms with van der Waals surface area (Å²) in [5.41, 5.74) is 1.63. The lowest BCUT2D eigenvalue weighted by atomic mass is 10.1. The van der Waals surface area contributed by atoms with Gasteiger partial charge in [0.2, 0.25) is 0 Å². The highest BCUT2D eigenvalue weighted by Gasteiger charge is 2.18. The highest BCUT2D eigenvalue weighted by Crippen LogP contribution is 2.33. The normalized spacial score (nSPS) is 10.8. The van der Waals surface area contributed by atoms with Crippen LogP contribution in [0.25, 0.3) is 22.2 Å². The van der Waals surface area contributed by atoms with E-state index in [0.29, 0.717) is 22.2 Å². The van der Waals surface area contributed by atoms with Crippen LogP contribution in [0, 0.1) is 15.9 Å². The van der Waals surface area contributed by atoms with E-state index in [1.54, 1.807) is 24.3 Å². The number of aromatic nitrogens is 2. The van der Waals surface area contributed by atoms with Crippen molar-refractivity contribution in [1.82, 2.24) is 10.2 Å².